The van der Waals surface area contributed by atoms with Crippen LogP contribution in [-0.2, 0) is 0 Å². The summed E-state index contributed by atoms with van der Waals surface area (Å²) in [6, 6.07) is 9.07. The molecule has 13 heavy (non-hydrogen) atoms. The standard InChI is InChI=1S/C9H11N3.ClH/c10-5-7-3-1-2-4-8(7)9(12)6-11;/h1-4,9H,6,11-12H2;1H/t9-;/m1./s1. The van der Waals surface area contributed by atoms with Gasteiger partial charge in [-0.15, -0.1) is 12.4 Å². The first-order chi connectivity index (χ1) is 5.79. The predicted octanol–water partition coefficient (Wildman–Crippen LogP) is 0.939. The molecular formula is C9H12ClN3. The van der Waals surface area contributed by atoms with Crippen molar-refractivity contribution < 1.29 is 0 Å². The predicted molar refractivity (Wildman–Crippen MR) is 54.4 cm³/mol. The minimum Gasteiger partial charge on any atom is -0.329 e. The first kappa shape index (κ1) is 11.9. The van der Waals surface area contributed by atoms with Crippen molar-refractivity contribution in [3.63, 3.8) is 0 Å². The molecule has 1 aromatic rings. The van der Waals surface area contributed by atoms with Crippen molar-refractivity contribution in [3.8, 4) is 6.07 Å². The summed E-state index contributed by atoms with van der Waals surface area (Å²) in [6.45, 7) is 0.360. The molecule has 70 valence electrons. The molecule has 0 saturated carbocycles. The van der Waals surface area contributed by atoms with Crippen LogP contribution in [0, 0.1) is 11.3 Å². The molecule has 0 aliphatic rings. The van der Waals surface area contributed by atoms with Gasteiger partial charge in [-0.3, -0.25) is 0 Å². The van der Waals surface area contributed by atoms with Crippen LogP contribution in [0.4, 0.5) is 0 Å². The second-order valence-electron chi connectivity index (χ2n) is 2.54. The highest BCUT2D eigenvalue weighted by Crippen LogP contribution is 2.13. The van der Waals surface area contributed by atoms with Crippen LogP contribution in [0.3, 0.4) is 0 Å². The van der Waals surface area contributed by atoms with E-state index < -0.39 is 0 Å². The van der Waals surface area contributed by atoms with E-state index in [0.29, 0.717) is 12.1 Å². The number of halogens is 1. The Morgan fingerprint density at radius 2 is 2.00 bits per heavy atom. The fourth-order valence-corrected chi connectivity index (χ4v) is 1.05. The molecule has 0 amide bonds. The smallest absolute Gasteiger partial charge is 0.0995 e. The molecule has 0 aliphatic heterocycles. The number of nitriles is 1. The van der Waals surface area contributed by atoms with Crippen molar-refractivity contribution in [1.29, 1.82) is 5.26 Å². The van der Waals surface area contributed by atoms with E-state index in [9.17, 15) is 0 Å². The lowest BCUT2D eigenvalue weighted by Gasteiger charge is -2.09. The molecule has 1 aromatic carbocycles. The maximum absolute atomic E-state index is 8.72. The van der Waals surface area contributed by atoms with Crippen molar-refractivity contribution >= 4 is 12.4 Å². The molecule has 0 saturated heterocycles. The molecule has 0 fully saturated rings. The number of nitrogens with two attached hydrogens (primary N) is 2. The Kier molecular flexibility index (Phi) is 5.09. The molecule has 0 bridgehead atoms. The van der Waals surface area contributed by atoms with Gasteiger partial charge in [0.25, 0.3) is 0 Å². The summed E-state index contributed by atoms with van der Waals surface area (Å²) in [5.74, 6) is 0. The molecule has 0 aliphatic carbocycles. The van der Waals surface area contributed by atoms with Crippen molar-refractivity contribution in [3.05, 3.63) is 35.4 Å². The highest BCUT2D eigenvalue weighted by atomic mass is 35.5. The molecule has 3 nitrogen and oxygen atoms in total. The third kappa shape index (κ3) is 2.71. The molecule has 0 radical (unpaired) electrons. The number of hydrogen-bond acceptors (Lipinski definition) is 3. The Labute approximate surface area is 83.8 Å². The van der Waals surface area contributed by atoms with E-state index in [-0.39, 0.29) is 18.4 Å². The van der Waals surface area contributed by atoms with Gasteiger partial charge >= 0.3 is 0 Å². The summed E-state index contributed by atoms with van der Waals surface area (Å²) >= 11 is 0. The van der Waals surface area contributed by atoms with Crippen LogP contribution >= 0.6 is 12.4 Å². The second-order valence-corrected chi connectivity index (χ2v) is 2.54. The Morgan fingerprint density at radius 1 is 1.38 bits per heavy atom. The van der Waals surface area contributed by atoms with Gasteiger partial charge in [0, 0.05) is 12.6 Å². The fourth-order valence-electron chi connectivity index (χ4n) is 1.05. The lowest BCUT2D eigenvalue weighted by atomic mass is 10.0. The summed E-state index contributed by atoms with van der Waals surface area (Å²) in [6.07, 6.45) is 0. The van der Waals surface area contributed by atoms with Gasteiger partial charge in [-0.25, -0.2) is 0 Å². The van der Waals surface area contributed by atoms with E-state index in [1.807, 2.05) is 18.2 Å². The van der Waals surface area contributed by atoms with Crippen molar-refractivity contribution in [1.82, 2.24) is 0 Å². The van der Waals surface area contributed by atoms with E-state index >= 15 is 0 Å². The zero-order valence-electron chi connectivity index (χ0n) is 7.10. The Morgan fingerprint density at radius 3 is 2.54 bits per heavy atom. The maximum atomic E-state index is 8.72. The van der Waals surface area contributed by atoms with E-state index in [0.717, 1.165) is 5.56 Å². The molecule has 0 heterocycles. The average Bonchev–Trinajstić information content (AvgIpc) is 2.16. The van der Waals surface area contributed by atoms with E-state index in [1.165, 1.54) is 0 Å². The van der Waals surface area contributed by atoms with Gasteiger partial charge in [-0.2, -0.15) is 5.26 Å². The summed E-state index contributed by atoms with van der Waals surface area (Å²) in [7, 11) is 0. The highest BCUT2D eigenvalue weighted by molar-refractivity contribution is 5.85. The van der Waals surface area contributed by atoms with Gasteiger partial charge < -0.3 is 11.5 Å². The number of rotatable bonds is 2. The molecule has 0 spiro atoms. The lowest BCUT2D eigenvalue weighted by molar-refractivity contribution is 0.735. The summed E-state index contributed by atoms with van der Waals surface area (Å²) in [5.41, 5.74) is 12.5. The molecule has 0 unspecified atom stereocenters. The van der Waals surface area contributed by atoms with Crippen LogP contribution in [-0.4, -0.2) is 6.54 Å². The van der Waals surface area contributed by atoms with Crippen LogP contribution in [0.2, 0.25) is 0 Å². The van der Waals surface area contributed by atoms with E-state index in [2.05, 4.69) is 6.07 Å². The molecular weight excluding hydrogens is 186 g/mol. The zero-order valence-corrected chi connectivity index (χ0v) is 7.92. The largest absolute Gasteiger partial charge is 0.329 e. The van der Waals surface area contributed by atoms with Gasteiger partial charge in [0.05, 0.1) is 11.6 Å². The molecule has 4 N–H and O–H groups in total. The lowest BCUT2D eigenvalue weighted by Crippen LogP contribution is -2.21. The van der Waals surface area contributed by atoms with Gasteiger partial charge in [0.1, 0.15) is 0 Å². The number of nitrogens with zero attached hydrogens (tertiary/aromatic N) is 1. The molecule has 1 atom stereocenters. The average molecular weight is 198 g/mol. The quantitative estimate of drug-likeness (QED) is 0.741. The van der Waals surface area contributed by atoms with Crippen LogP contribution in [0.25, 0.3) is 0 Å². The third-order valence-electron chi connectivity index (χ3n) is 1.73. The normalized spacial score (nSPS) is 11.2. The van der Waals surface area contributed by atoms with Crippen LogP contribution in [0.1, 0.15) is 17.2 Å². The van der Waals surface area contributed by atoms with Crippen LogP contribution in [0.15, 0.2) is 24.3 Å². The van der Waals surface area contributed by atoms with Crippen LogP contribution < -0.4 is 11.5 Å². The Hall–Kier alpha value is -1.08. The first-order valence-electron chi connectivity index (χ1n) is 3.74. The zero-order chi connectivity index (χ0) is 8.97. The summed E-state index contributed by atoms with van der Waals surface area (Å²) in [4.78, 5) is 0. The minimum atomic E-state index is -0.235. The van der Waals surface area contributed by atoms with Gasteiger partial charge in [0.2, 0.25) is 0 Å². The molecule has 1 rings (SSSR count). The van der Waals surface area contributed by atoms with E-state index in [4.69, 9.17) is 16.7 Å². The summed E-state index contributed by atoms with van der Waals surface area (Å²) in [5, 5.41) is 8.72. The maximum Gasteiger partial charge on any atom is 0.0995 e. The third-order valence-corrected chi connectivity index (χ3v) is 1.73. The van der Waals surface area contributed by atoms with Crippen LogP contribution in [0.5, 0.6) is 0 Å². The Balaban J connectivity index is 0.00000144. The SMILES string of the molecule is Cl.N#Cc1ccccc1[C@H](N)CN. The first-order valence-corrected chi connectivity index (χ1v) is 3.74. The molecule has 0 aromatic heterocycles. The number of hydrogen-bond donors (Lipinski definition) is 2. The fraction of sp³-hybridized carbons (Fsp3) is 0.222. The monoisotopic (exact) mass is 197 g/mol. The second kappa shape index (κ2) is 5.55. The summed E-state index contributed by atoms with van der Waals surface area (Å²) < 4.78 is 0. The highest BCUT2D eigenvalue weighted by Gasteiger charge is 2.07. The van der Waals surface area contributed by atoms with Crippen molar-refractivity contribution in [2.75, 3.05) is 6.54 Å². The molecule has 4 heteroatoms. The van der Waals surface area contributed by atoms with E-state index in [1.54, 1.807) is 6.07 Å². The van der Waals surface area contributed by atoms with Crippen molar-refractivity contribution in [2.24, 2.45) is 11.5 Å². The Bertz CT molecular complexity index is 306. The minimum absolute atomic E-state index is 0. The van der Waals surface area contributed by atoms with Crippen molar-refractivity contribution in [2.45, 2.75) is 6.04 Å². The van der Waals surface area contributed by atoms with Gasteiger partial charge in [0.15, 0.2) is 0 Å². The van der Waals surface area contributed by atoms with Gasteiger partial charge in [-0.1, -0.05) is 18.2 Å². The topological polar surface area (TPSA) is 75.8 Å². The van der Waals surface area contributed by atoms with Gasteiger partial charge in [-0.05, 0) is 11.6 Å². The number of benzene rings is 1.